The molecule has 0 saturated heterocycles. The Kier molecular flexibility index (Phi) is 11.2. The van der Waals surface area contributed by atoms with E-state index >= 15 is 0 Å². The minimum Gasteiger partial charge on any atom is -0.438 e. The van der Waals surface area contributed by atoms with Crippen LogP contribution in [0.4, 0.5) is 0 Å². The van der Waals surface area contributed by atoms with Gasteiger partial charge in [0.25, 0.3) is 0 Å². The molecule has 2 atom stereocenters. The van der Waals surface area contributed by atoms with E-state index in [0.29, 0.717) is 12.2 Å². The van der Waals surface area contributed by atoms with Crippen molar-refractivity contribution in [2.75, 3.05) is 0 Å². The van der Waals surface area contributed by atoms with E-state index in [4.69, 9.17) is 4.74 Å². The van der Waals surface area contributed by atoms with E-state index in [1.54, 1.807) is 11.8 Å². The Morgan fingerprint density at radius 1 is 0.765 bits per heavy atom. The second-order valence-corrected chi connectivity index (χ2v) is 5.30. The van der Waals surface area contributed by atoms with E-state index in [1.165, 1.54) is 51.4 Å². The van der Waals surface area contributed by atoms with E-state index in [-0.39, 0.29) is 65.4 Å². The number of hydrogen-bond acceptors (Lipinski definition) is 1. The van der Waals surface area contributed by atoms with Crippen LogP contribution in [0, 0.1) is 11.8 Å². The molecule has 3 heteroatoms. The molecule has 2 rings (SSSR count). The summed E-state index contributed by atoms with van der Waals surface area (Å²) in [7, 11) is 0. The normalized spacial score (nSPS) is 31.4. The summed E-state index contributed by atoms with van der Waals surface area (Å²) in [6, 6.07) is 0. The van der Waals surface area contributed by atoms with Crippen LogP contribution in [0.1, 0.15) is 65.2 Å². The Hall–Kier alpha value is 2.17. The smallest absolute Gasteiger partial charge is 0 e. The molecule has 2 saturated carbocycles. The zero-order valence-electron chi connectivity index (χ0n) is 11.4. The first kappa shape index (κ1) is 19.2. The molecule has 17 heavy (non-hydrogen) atoms. The third-order valence-corrected chi connectivity index (χ3v) is 4.00. The van der Waals surface area contributed by atoms with Gasteiger partial charge in [0.2, 0.25) is 0 Å². The minimum atomic E-state index is 0. The van der Waals surface area contributed by atoms with E-state index in [0.717, 1.165) is 0 Å². The Labute approximate surface area is 157 Å². The van der Waals surface area contributed by atoms with Gasteiger partial charge in [0.05, 0.1) is 0 Å². The van der Waals surface area contributed by atoms with Crippen molar-refractivity contribution in [3.05, 3.63) is 11.8 Å². The average molecular weight is 386 g/mol. The van der Waals surface area contributed by atoms with Crippen LogP contribution in [0.2, 0.25) is 0 Å². The van der Waals surface area contributed by atoms with Crippen molar-refractivity contribution < 1.29 is 70.2 Å². The predicted octanol–water partition coefficient (Wildman–Crippen LogP) is 4.07. The van der Waals surface area contributed by atoms with Crippen LogP contribution in [0.15, 0.2) is 0 Å². The molecule has 0 aliphatic heterocycles. The molecule has 0 amide bonds. The van der Waals surface area contributed by atoms with E-state index < -0.39 is 0 Å². The van der Waals surface area contributed by atoms with Gasteiger partial charge >= 0.3 is 0 Å². The molecule has 0 heterocycles. The first-order valence-corrected chi connectivity index (χ1v) is 6.57. The van der Waals surface area contributed by atoms with Crippen molar-refractivity contribution in [3.8, 4) is 0 Å². The molecule has 2 unspecified atom stereocenters. The van der Waals surface area contributed by atoms with Crippen LogP contribution in [-0.2, 0) is 70.2 Å². The molecule has 0 bridgehead atoms. The van der Waals surface area contributed by atoms with Gasteiger partial charge in [0, 0.05) is 65.4 Å². The van der Waals surface area contributed by atoms with Gasteiger partial charge < -0.3 is 4.74 Å². The average Bonchev–Trinajstić information content (AvgIpc) is 2.24. The third-order valence-electron chi connectivity index (χ3n) is 4.00. The van der Waals surface area contributed by atoms with Crippen molar-refractivity contribution >= 4 is 0 Å². The van der Waals surface area contributed by atoms with Crippen molar-refractivity contribution in [2.24, 2.45) is 0 Å². The van der Waals surface area contributed by atoms with Gasteiger partial charge in [-0.2, -0.15) is 26.7 Å². The molecule has 0 aromatic rings. The maximum absolute atomic E-state index is 6.28. The van der Waals surface area contributed by atoms with Gasteiger partial charge in [-0.15, -0.1) is 0 Å². The van der Waals surface area contributed by atoms with Gasteiger partial charge in [-0.3, -0.25) is 11.8 Å². The Balaban J connectivity index is 0.00000128. The number of rotatable bonds is 2. The maximum atomic E-state index is 6.28. The van der Waals surface area contributed by atoms with E-state index in [9.17, 15) is 0 Å². The van der Waals surface area contributed by atoms with Crippen LogP contribution >= 0.6 is 0 Å². The molecule has 2 fully saturated rings. The van der Waals surface area contributed by atoms with Crippen molar-refractivity contribution in [3.63, 3.8) is 0 Å². The van der Waals surface area contributed by atoms with Crippen LogP contribution < -0.4 is 0 Å². The molecule has 2 radical (unpaired) electrons. The Morgan fingerprint density at radius 2 is 1.18 bits per heavy atom. The van der Waals surface area contributed by atoms with Crippen LogP contribution in [0.3, 0.4) is 0 Å². The Morgan fingerprint density at radius 3 is 1.53 bits per heavy atom. The summed E-state index contributed by atoms with van der Waals surface area (Å²) in [6.45, 7) is 4.56. The maximum Gasteiger partial charge on any atom is 0 e. The zero-order valence-corrected chi connectivity index (χ0v) is 17.1. The standard InChI is InChI=1S/C14H24O.2Y/c1-11-7-3-5-9-13(11)15-14-10-6-4-8-12(14)2;;/h13-14H,3-10H2,1-2H3;;/q-2;;. The zero-order chi connectivity index (χ0) is 10.7. The summed E-state index contributed by atoms with van der Waals surface area (Å²) in [5.41, 5.74) is 0. The number of ether oxygens (including phenoxy) is 1. The van der Waals surface area contributed by atoms with Gasteiger partial charge in [-0.25, -0.2) is 0 Å². The van der Waals surface area contributed by atoms with Crippen LogP contribution in [0.25, 0.3) is 0 Å². The van der Waals surface area contributed by atoms with Gasteiger partial charge in [-0.05, 0) is 0 Å². The molecular weight excluding hydrogens is 362 g/mol. The summed E-state index contributed by atoms with van der Waals surface area (Å²) < 4.78 is 6.28. The molecule has 1 nitrogen and oxygen atoms in total. The monoisotopic (exact) mass is 386 g/mol. The second-order valence-electron chi connectivity index (χ2n) is 5.30. The second kappa shape index (κ2) is 9.98. The molecule has 0 N–H and O–H groups in total. The molecule has 0 aromatic heterocycles. The first-order chi connectivity index (χ1) is 7.27. The van der Waals surface area contributed by atoms with Gasteiger partial charge in [0.15, 0.2) is 0 Å². The summed E-state index contributed by atoms with van der Waals surface area (Å²) in [5.74, 6) is 3.17. The quantitative estimate of drug-likeness (QED) is 0.651. The third kappa shape index (κ3) is 5.99. The first-order valence-electron chi connectivity index (χ1n) is 6.57. The molecular formula is C14H24OY2-2. The largest absolute Gasteiger partial charge is 0.438 e. The van der Waals surface area contributed by atoms with E-state index in [2.05, 4.69) is 13.8 Å². The van der Waals surface area contributed by atoms with Gasteiger partial charge in [-0.1, -0.05) is 50.7 Å². The van der Waals surface area contributed by atoms with Crippen LogP contribution in [0.5, 0.6) is 0 Å². The van der Waals surface area contributed by atoms with Crippen molar-refractivity contribution in [2.45, 2.75) is 77.4 Å². The summed E-state index contributed by atoms with van der Waals surface area (Å²) >= 11 is 0. The summed E-state index contributed by atoms with van der Waals surface area (Å²) in [5, 5.41) is 0. The van der Waals surface area contributed by atoms with Gasteiger partial charge in [0.1, 0.15) is 0 Å². The minimum absolute atomic E-state index is 0. The number of hydrogen-bond donors (Lipinski definition) is 0. The summed E-state index contributed by atoms with van der Waals surface area (Å²) in [4.78, 5) is 0. The molecule has 0 aromatic carbocycles. The van der Waals surface area contributed by atoms with Crippen molar-refractivity contribution in [1.29, 1.82) is 0 Å². The molecule has 2 aliphatic carbocycles. The fourth-order valence-corrected chi connectivity index (χ4v) is 2.85. The molecule has 2 aliphatic rings. The predicted molar refractivity (Wildman–Crippen MR) is 63.4 cm³/mol. The fourth-order valence-electron chi connectivity index (χ4n) is 2.85. The van der Waals surface area contributed by atoms with Crippen LogP contribution in [-0.4, -0.2) is 12.2 Å². The Bertz CT molecular complexity index is 179. The topological polar surface area (TPSA) is 9.23 Å². The molecule has 94 valence electrons. The van der Waals surface area contributed by atoms with E-state index in [1.807, 2.05) is 0 Å². The fraction of sp³-hybridized carbons (Fsp3) is 0.857. The van der Waals surface area contributed by atoms with Crippen molar-refractivity contribution in [1.82, 2.24) is 0 Å². The summed E-state index contributed by atoms with van der Waals surface area (Å²) in [6.07, 6.45) is 11.5. The molecule has 0 spiro atoms. The SMILES string of the molecule is C[C-]1CCCCC1OC1CCCC[C-]1C.[Y].[Y].